The Hall–Kier alpha value is -1.42. The van der Waals surface area contributed by atoms with Gasteiger partial charge >= 0.3 is 0 Å². The molecule has 1 aromatic heterocycles. The van der Waals surface area contributed by atoms with Gasteiger partial charge in [0.2, 0.25) is 5.76 Å². The number of rotatable bonds is 2. The van der Waals surface area contributed by atoms with Gasteiger partial charge in [0.05, 0.1) is 5.39 Å². The highest BCUT2D eigenvalue weighted by atomic mass is 32.2. The molecule has 0 amide bonds. The monoisotopic (exact) mass is 222 g/mol. The smallest absolute Gasteiger partial charge is 0.212 e. The van der Waals surface area contributed by atoms with Gasteiger partial charge in [-0.1, -0.05) is 0 Å². The zero-order valence-corrected chi connectivity index (χ0v) is 9.22. The molecule has 1 aromatic carbocycles. The summed E-state index contributed by atoms with van der Waals surface area (Å²) in [5, 5.41) is 10.3. The lowest BCUT2D eigenvalue weighted by Crippen LogP contribution is -1.87. The largest absolute Gasteiger partial charge is 0.504 e. The average Bonchev–Trinajstić information content (AvgIpc) is 2.56. The molecule has 4 heteroatoms. The van der Waals surface area contributed by atoms with E-state index in [1.54, 1.807) is 17.8 Å². The number of fused-ring (bicyclic) bond motifs is 1. The van der Waals surface area contributed by atoms with Crippen molar-refractivity contribution in [3.05, 3.63) is 24.0 Å². The van der Waals surface area contributed by atoms with Gasteiger partial charge < -0.3 is 9.52 Å². The van der Waals surface area contributed by atoms with Crippen molar-refractivity contribution in [1.82, 2.24) is 0 Å². The van der Waals surface area contributed by atoms with Crippen molar-refractivity contribution in [2.24, 2.45) is 0 Å². The fraction of sp³-hybridized carbons (Fsp3) is 0.182. The van der Waals surface area contributed by atoms with Crippen molar-refractivity contribution in [3.63, 3.8) is 0 Å². The molecule has 0 aliphatic rings. The Kier molecular flexibility index (Phi) is 2.44. The number of Topliss-reactive ketones (excluding diaryl/α,β-unsaturated/α-hetero) is 1. The Labute approximate surface area is 91.1 Å². The van der Waals surface area contributed by atoms with Crippen LogP contribution in [-0.4, -0.2) is 17.1 Å². The molecular weight excluding hydrogens is 212 g/mol. The molecule has 0 unspecified atom stereocenters. The van der Waals surface area contributed by atoms with Gasteiger partial charge in [-0.05, 0) is 24.5 Å². The Bertz CT molecular complexity index is 528. The van der Waals surface area contributed by atoms with E-state index in [1.165, 1.54) is 6.92 Å². The first-order valence-corrected chi connectivity index (χ1v) is 5.66. The Morgan fingerprint density at radius 2 is 2.20 bits per heavy atom. The van der Waals surface area contributed by atoms with Crippen molar-refractivity contribution in [3.8, 4) is 5.75 Å². The van der Waals surface area contributed by atoms with Crippen LogP contribution in [0.4, 0.5) is 0 Å². The maximum atomic E-state index is 11.1. The van der Waals surface area contributed by atoms with Crippen LogP contribution in [0.15, 0.2) is 27.5 Å². The van der Waals surface area contributed by atoms with Crippen molar-refractivity contribution >= 4 is 28.5 Å². The van der Waals surface area contributed by atoms with Crippen molar-refractivity contribution in [1.29, 1.82) is 0 Å². The third kappa shape index (κ3) is 1.61. The lowest BCUT2D eigenvalue weighted by atomic mass is 10.2. The number of thioether (sulfide) groups is 1. The first kappa shape index (κ1) is 10.1. The maximum Gasteiger partial charge on any atom is 0.212 e. The number of carbonyl (C=O) groups is 1. The summed E-state index contributed by atoms with van der Waals surface area (Å²) in [6.45, 7) is 1.37. The summed E-state index contributed by atoms with van der Waals surface area (Å²) in [6.07, 6.45) is 1.95. The highest BCUT2D eigenvalue weighted by Gasteiger charge is 2.16. The number of hydrogen-bond acceptors (Lipinski definition) is 4. The highest BCUT2D eigenvalue weighted by Crippen LogP contribution is 2.34. The summed E-state index contributed by atoms with van der Waals surface area (Å²) >= 11 is 1.57. The van der Waals surface area contributed by atoms with Gasteiger partial charge in [0.15, 0.2) is 11.5 Å². The van der Waals surface area contributed by atoms with Gasteiger partial charge in [-0.3, -0.25) is 4.79 Å². The molecule has 1 N–H and O–H groups in total. The van der Waals surface area contributed by atoms with E-state index in [4.69, 9.17) is 4.42 Å². The quantitative estimate of drug-likeness (QED) is 0.626. The van der Waals surface area contributed by atoms with E-state index in [1.807, 2.05) is 18.4 Å². The summed E-state index contributed by atoms with van der Waals surface area (Å²) in [7, 11) is 0. The lowest BCUT2D eigenvalue weighted by molar-refractivity contribution is 0.0985. The van der Waals surface area contributed by atoms with Crippen molar-refractivity contribution in [2.45, 2.75) is 11.8 Å². The molecule has 0 radical (unpaired) electrons. The van der Waals surface area contributed by atoms with Crippen LogP contribution in [0.2, 0.25) is 0 Å². The first-order chi connectivity index (χ1) is 7.13. The third-order valence-electron chi connectivity index (χ3n) is 2.19. The molecule has 0 spiro atoms. The molecule has 0 bridgehead atoms. The zero-order chi connectivity index (χ0) is 11.0. The molecule has 0 fully saturated rings. The molecule has 15 heavy (non-hydrogen) atoms. The first-order valence-electron chi connectivity index (χ1n) is 4.44. The number of carbonyl (C=O) groups excluding carboxylic acids is 1. The molecule has 3 nitrogen and oxygen atoms in total. The summed E-state index contributed by atoms with van der Waals surface area (Å²) in [4.78, 5) is 12.2. The van der Waals surface area contributed by atoms with E-state index in [9.17, 15) is 9.90 Å². The highest BCUT2D eigenvalue weighted by molar-refractivity contribution is 7.98. The van der Waals surface area contributed by atoms with Crippen LogP contribution in [0.1, 0.15) is 17.5 Å². The van der Waals surface area contributed by atoms with E-state index < -0.39 is 0 Å². The number of furan rings is 1. The topological polar surface area (TPSA) is 50.4 Å². The van der Waals surface area contributed by atoms with Crippen LogP contribution in [-0.2, 0) is 0 Å². The van der Waals surface area contributed by atoms with Gasteiger partial charge in [-0.2, -0.15) is 0 Å². The van der Waals surface area contributed by atoms with Crippen LogP contribution in [0, 0.1) is 0 Å². The zero-order valence-electron chi connectivity index (χ0n) is 8.40. The van der Waals surface area contributed by atoms with Crippen LogP contribution in [0.3, 0.4) is 0 Å². The summed E-state index contributed by atoms with van der Waals surface area (Å²) in [5.74, 6) is -0.300. The second-order valence-corrected chi connectivity index (χ2v) is 4.08. The molecule has 0 atom stereocenters. The minimum absolute atomic E-state index is 0.0308. The second-order valence-electron chi connectivity index (χ2n) is 3.20. The van der Waals surface area contributed by atoms with E-state index in [0.29, 0.717) is 11.0 Å². The standard InChI is InChI=1S/C11H10O3S/c1-6(12)11-10(13)8-5-7(15-2)3-4-9(8)14-11/h3-5,13H,1-2H3. The summed E-state index contributed by atoms with van der Waals surface area (Å²) < 4.78 is 5.25. The lowest BCUT2D eigenvalue weighted by Gasteiger charge is -1.94. The molecule has 2 aromatic rings. The van der Waals surface area contributed by atoms with Crippen LogP contribution in [0.25, 0.3) is 11.0 Å². The molecule has 0 saturated carbocycles. The summed E-state index contributed by atoms with van der Waals surface area (Å²) in [5.41, 5.74) is 0.538. The van der Waals surface area contributed by atoms with Crippen molar-refractivity contribution in [2.75, 3.05) is 6.26 Å². The van der Waals surface area contributed by atoms with Crippen LogP contribution < -0.4 is 0 Å². The molecular formula is C11H10O3S. The van der Waals surface area contributed by atoms with Gasteiger partial charge in [0.1, 0.15) is 5.58 Å². The minimum atomic E-state index is -0.269. The van der Waals surface area contributed by atoms with E-state index in [0.717, 1.165) is 4.90 Å². The van der Waals surface area contributed by atoms with E-state index in [-0.39, 0.29) is 17.3 Å². The SMILES string of the molecule is CSc1ccc2oc(C(C)=O)c(O)c2c1. The fourth-order valence-electron chi connectivity index (χ4n) is 1.43. The molecule has 0 aliphatic carbocycles. The number of aromatic hydroxyl groups is 1. The van der Waals surface area contributed by atoms with Crippen molar-refractivity contribution < 1.29 is 14.3 Å². The van der Waals surface area contributed by atoms with Gasteiger partial charge in [-0.15, -0.1) is 11.8 Å². The van der Waals surface area contributed by atoms with E-state index in [2.05, 4.69) is 0 Å². The van der Waals surface area contributed by atoms with Gasteiger partial charge in [0.25, 0.3) is 0 Å². The molecule has 2 rings (SSSR count). The van der Waals surface area contributed by atoms with Gasteiger partial charge in [0, 0.05) is 11.8 Å². The fourth-order valence-corrected chi connectivity index (χ4v) is 1.87. The van der Waals surface area contributed by atoms with Gasteiger partial charge in [-0.25, -0.2) is 0 Å². The summed E-state index contributed by atoms with van der Waals surface area (Å²) in [6, 6.07) is 5.46. The molecule has 1 heterocycles. The number of ketones is 1. The maximum absolute atomic E-state index is 11.1. The van der Waals surface area contributed by atoms with E-state index >= 15 is 0 Å². The Morgan fingerprint density at radius 3 is 2.80 bits per heavy atom. The van der Waals surface area contributed by atoms with Crippen LogP contribution in [0.5, 0.6) is 5.75 Å². The van der Waals surface area contributed by atoms with Crippen LogP contribution >= 0.6 is 11.8 Å². The predicted octanol–water partition coefficient (Wildman–Crippen LogP) is 3.06. The number of benzene rings is 1. The third-order valence-corrected chi connectivity index (χ3v) is 2.91. The Balaban J connectivity index is 2.72. The number of hydrogen-bond donors (Lipinski definition) is 1. The normalized spacial score (nSPS) is 10.8. The molecule has 78 valence electrons. The predicted molar refractivity (Wildman–Crippen MR) is 59.7 cm³/mol. The second kappa shape index (κ2) is 3.62. The molecule has 0 saturated heterocycles. The minimum Gasteiger partial charge on any atom is -0.504 e. The Morgan fingerprint density at radius 1 is 1.47 bits per heavy atom. The molecule has 0 aliphatic heterocycles. The average molecular weight is 222 g/mol.